The third-order valence-corrected chi connectivity index (χ3v) is 3.35. The number of aromatic hydroxyl groups is 1. The SMILES string of the molecule is CC(C)NCc1csc2ccc(O)cc12. The topological polar surface area (TPSA) is 32.3 Å². The number of thiophene rings is 1. The van der Waals surface area contributed by atoms with Gasteiger partial charge < -0.3 is 10.4 Å². The van der Waals surface area contributed by atoms with Gasteiger partial charge in [-0.05, 0) is 29.1 Å². The Morgan fingerprint density at radius 2 is 2.20 bits per heavy atom. The summed E-state index contributed by atoms with van der Waals surface area (Å²) in [5.41, 5.74) is 1.26. The molecule has 1 heterocycles. The lowest BCUT2D eigenvalue weighted by Crippen LogP contribution is -2.21. The molecule has 80 valence electrons. The normalized spacial score (nSPS) is 11.4. The first-order valence-corrected chi connectivity index (χ1v) is 5.97. The molecule has 2 aromatic rings. The summed E-state index contributed by atoms with van der Waals surface area (Å²) in [6.45, 7) is 5.12. The number of benzene rings is 1. The Kier molecular flexibility index (Phi) is 2.93. The molecule has 15 heavy (non-hydrogen) atoms. The van der Waals surface area contributed by atoms with E-state index in [1.807, 2.05) is 12.1 Å². The molecule has 0 radical (unpaired) electrons. The van der Waals surface area contributed by atoms with Crippen LogP contribution in [0.5, 0.6) is 5.75 Å². The van der Waals surface area contributed by atoms with E-state index in [0.717, 1.165) is 11.9 Å². The Balaban J connectivity index is 2.31. The highest BCUT2D eigenvalue weighted by molar-refractivity contribution is 7.17. The summed E-state index contributed by atoms with van der Waals surface area (Å²) in [4.78, 5) is 0. The van der Waals surface area contributed by atoms with Crippen LogP contribution in [-0.2, 0) is 6.54 Å². The first kappa shape index (κ1) is 10.5. The number of rotatable bonds is 3. The summed E-state index contributed by atoms with van der Waals surface area (Å²) in [5, 5.41) is 16.1. The van der Waals surface area contributed by atoms with Crippen LogP contribution in [0.1, 0.15) is 19.4 Å². The van der Waals surface area contributed by atoms with Crippen LogP contribution in [-0.4, -0.2) is 11.1 Å². The van der Waals surface area contributed by atoms with Gasteiger partial charge in [-0.3, -0.25) is 0 Å². The predicted molar refractivity (Wildman–Crippen MR) is 65.5 cm³/mol. The van der Waals surface area contributed by atoms with Crippen LogP contribution in [0.25, 0.3) is 10.1 Å². The van der Waals surface area contributed by atoms with E-state index in [4.69, 9.17) is 0 Å². The predicted octanol–water partition coefficient (Wildman–Crippen LogP) is 3.10. The van der Waals surface area contributed by atoms with Crippen LogP contribution < -0.4 is 5.32 Å². The van der Waals surface area contributed by atoms with Crippen molar-refractivity contribution in [3.8, 4) is 5.75 Å². The Morgan fingerprint density at radius 3 is 2.93 bits per heavy atom. The molecule has 0 saturated carbocycles. The highest BCUT2D eigenvalue weighted by atomic mass is 32.1. The quantitative estimate of drug-likeness (QED) is 0.834. The van der Waals surface area contributed by atoms with E-state index in [-0.39, 0.29) is 0 Å². The minimum absolute atomic E-state index is 0.340. The highest BCUT2D eigenvalue weighted by Gasteiger charge is 2.04. The summed E-state index contributed by atoms with van der Waals surface area (Å²) in [5.74, 6) is 0.340. The summed E-state index contributed by atoms with van der Waals surface area (Å²) in [6, 6.07) is 6.02. The zero-order valence-electron chi connectivity index (χ0n) is 8.95. The largest absolute Gasteiger partial charge is 0.508 e. The fraction of sp³-hybridized carbons (Fsp3) is 0.333. The molecule has 0 fully saturated rings. The summed E-state index contributed by atoms with van der Waals surface area (Å²) in [7, 11) is 0. The van der Waals surface area contributed by atoms with Crippen LogP contribution in [0.15, 0.2) is 23.6 Å². The number of hydrogen-bond acceptors (Lipinski definition) is 3. The molecule has 0 aliphatic heterocycles. The van der Waals surface area contributed by atoms with E-state index in [1.54, 1.807) is 17.4 Å². The number of fused-ring (bicyclic) bond motifs is 1. The molecule has 0 aliphatic rings. The number of phenols is 1. The first-order valence-electron chi connectivity index (χ1n) is 5.09. The zero-order chi connectivity index (χ0) is 10.8. The molecule has 2 rings (SSSR count). The van der Waals surface area contributed by atoms with Crippen LogP contribution in [0.4, 0.5) is 0 Å². The molecule has 0 spiro atoms. The Bertz CT molecular complexity index is 462. The van der Waals surface area contributed by atoms with Gasteiger partial charge in [0.05, 0.1) is 0 Å². The van der Waals surface area contributed by atoms with E-state index in [9.17, 15) is 5.11 Å². The van der Waals surface area contributed by atoms with Crippen molar-refractivity contribution >= 4 is 21.4 Å². The van der Waals surface area contributed by atoms with Crippen LogP contribution in [0.2, 0.25) is 0 Å². The van der Waals surface area contributed by atoms with Gasteiger partial charge >= 0.3 is 0 Å². The lowest BCUT2D eigenvalue weighted by molar-refractivity contribution is 0.476. The van der Waals surface area contributed by atoms with Crippen molar-refractivity contribution in [3.05, 3.63) is 29.1 Å². The molecular formula is C12H15NOS. The second kappa shape index (κ2) is 4.21. The Labute approximate surface area is 93.6 Å². The maximum Gasteiger partial charge on any atom is 0.116 e. The second-order valence-corrected chi connectivity index (χ2v) is 4.89. The average Bonchev–Trinajstić information content (AvgIpc) is 2.57. The van der Waals surface area contributed by atoms with Crippen molar-refractivity contribution in [2.45, 2.75) is 26.4 Å². The maximum absolute atomic E-state index is 9.43. The smallest absolute Gasteiger partial charge is 0.116 e. The van der Waals surface area contributed by atoms with Gasteiger partial charge in [0.15, 0.2) is 0 Å². The van der Waals surface area contributed by atoms with Crippen molar-refractivity contribution in [2.24, 2.45) is 0 Å². The lowest BCUT2D eigenvalue weighted by atomic mass is 10.1. The molecule has 3 heteroatoms. The summed E-state index contributed by atoms with van der Waals surface area (Å²) >= 11 is 1.72. The van der Waals surface area contributed by atoms with Crippen molar-refractivity contribution in [1.29, 1.82) is 0 Å². The number of nitrogens with one attached hydrogen (secondary N) is 1. The maximum atomic E-state index is 9.43. The van der Waals surface area contributed by atoms with Crippen molar-refractivity contribution in [2.75, 3.05) is 0 Å². The molecule has 0 unspecified atom stereocenters. The van der Waals surface area contributed by atoms with Gasteiger partial charge in [0.2, 0.25) is 0 Å². The fourth-order valence-electron chi connectivity index (χ4n) is 1.52. The van der Waals surface area contributed by atoms with Gasteiger partial charge in [-0.15, -0.1) is 11.3 Å². The van der Waals surface area contributed by atoms with E-state index in [0.29, 0.717) is 11.8 Å². The van der Waals surface area contributed by atoms with Crippen LogP contribution in [0, 0.1) is 0 Å². The van der Waals surface area contributed by atoms with Crippen molar-refractivity contribution in [3.63, 3.8) is 0 Å². The van der Waals surface area contributed by atoms with Crippen molar-refractivity contribution < 1.29 is 5.11 Å². The van der Waals surface area contributed by atoms with Gasteiger partial charge in [0.1, 0.15) is 5.75 Å². The van der Waals surface area contributed by atoms with Gasteiger partial charge in [-0.25, -0.2) is 0 Å². The molecule has 2 N–H and O–H groups in total. The zero-order valence-corrected chi connectivity index (χ0v) is 9.77. The fourth-order valence-corrected chi connectivity index (χ4v) is 2.46. The molecule has 0 atom stereocenters. The first-order chi connectivity index (χ1) is 7.16. The third-order valence-electron chi connectivity index (χ3n) is 2.34. The minimum Gasteiger partial charge on any atom is -0.508 e. The molecule has 0 aliphatic carbocycles. The van der Waals surface area contributed by atoms with E-state index >= 15 is 0 Å². The van der Waals surface area contributed by atoms with E-state index in [2.05, 4.69) is 24.5 Å². The van der Waals surface area contributed by atoms with Crippen LogP contribution in [0.3, 0.4) is 0 Å². The molecule has 1 aromatic heterocycles. The van der Waals surface area contributed by atoms with Crippen LogP contribution >= 0.6 is 11.3 Å². The number of hydrogen-bond donors (Lipinski definition) is 2. The lowest BCUT2D eigenvalue weighted by Gasteiger charge is -2.06. The molecule has 2 nitrogen and oxygen atoms in total. The molecule has 0 bridgehead atoms. The number of phenolic OH excluding ortho intramolecular Hbond substituents is 1. The highest BCUT2D eigenvalue weighted by Crippen LogP contribution is 2.28. The van der Waals surface area contributed by atoms with E-state index < -0.39 is 0 Å². The summed E-state index contributed by atoms with van der Waals surface area (Å²) in [6.07, 6.45) is 0. The monoisotopic (exact) mass is 221 g/mol. The molecular weight excluding hydrogens is 206 g/mol. The van der Waals surface area contributed by atoms with Gasteiger partial charge in [0.25, 0.3) is 0 Å². The summed E-state index contributed by atoms with van der Waals surface area (Å²) < 4.78 is 1.23. The molecule has 1 aromatic carbocycles. The Hall–Kier alpha value is -1.06. The molecule has 0 amide bonds. The van der Waals surface area contributed by atoms with Gasteiger partial charge in [0, 0.05) is 22.7 Å². The third kappa shape index (κ3) is 2.30. The second-order valence-electron chi connectivity index (χ2n) is 3.98. The standard InChI is InChI=1S/C12H15NOS/c1-8(2)13-6-9-7-15-12-4-3-10(14)5-11(9)12/h3-5,7-8,13-14H,6H2,1-2H3. The minimum atomic E-state index is 0.340. The van der Waals surface area contributed by atoms with Gasteiger partial charge in [-0.2, -0.15) is 0 Å². The van der Waals surface area contributed by atoms with Crippen molar-refractivity contribution in [1.82, 2.24) is 5.32 Å². The molecule has 0 saturated heterocycles. The Morgan fingerprint density at radius 1 is 1.40 bits per heavy atom. The van der Waals surface area contributed by atoms with Gasteiger partial charge in [-0.1, -0.05) is 13.8 Å². The average molecular weight is 221 g/mol. The van der Waals surface area contributed by atoms with E-state index in [1.165, 1.54) is 10.3 Å².